The third-order valence-electron chi connectivity index (χ3n) is 2.03. The van der Waals surface area contributed by atoms with E-state index in [2.05, 4.69) is 0 Å². The standard InChI is InChI=1S/C11H11FN2O2S/c12-9-2-1-7(3-8(9)4-13)5-17-6-10(14)11(15)16/h1-3,10H,5-6,14H2,(H,15,16)/t10-/m1/s1. The first-order valence-corrected chi connectivity index (χ1v) is 5.94. The van der Waals surface area contributed by atoms with E-state index in [0.717, 1.165) is 5.56 Å². The molecule has 0 spiro atoms. The molecule has 0 radical (unpaired) electrons. The summed E-state index contributed by atoms with van der Waals surface area (Å²) >= 11 is 1.33. The molecule has 0 aliphatic rings. The molecular weight excluding hydrogens is 243 g/mol. The van der Waals surface area contributed by atoms with Crippen LogP contribution < -0.4 is 5.73 Å². The number of carbonyl (C=O) groups is 1. The lowest BCUT2D eigenvalue weighted by atomic mass is 10.1. The minimum absolute atomic E-state index is 0.00867. The maximum absolute atomic E-state index is 13.0. The molecule has 0 fully saturated rings. The number of hydrogen-bond donors (Lipinski definition) is 2. The van der Waals surface area contributed by atoms with Gasteiger partial charge in [-0.05, 0) is 17.7 Å². The lowest BCUT2D eigenvalue weighted by Crippen LogP contribution is -2.32. The van der Waals surface area contributed by atoms with E-state index in [1.165, 1.54) is 23.9 Å². The van der Waals surface area contributed by atoms with Crippen molar-refractivity contribution in [2.45, 2.75) is 11.8 Å². The average Bonchev–Trinajstić information content (AvgIpc) is 2.31. The van der Waals surface area contributed by atoms with E-state index in [4.69, 9.17) is 16.1 Å². The van der Waals surface area contributed by atoms with Crippen LogP contribution in [0.3, 0.4) is 0 Å². The summed E-state index contributed by atoms with van der Waals surface area (Å²) in [7, 11) is 0. The summed E-state index contributed by atoms with van der Waals surface area (Å²) < 4.78 is 13.0. The summed E-state index contributed by atoms with van der Waals surface area (Å²) in [6.45, 7) is 0. The van der Waals surface area contributed by atoms with Crippen LogP contribution in [0.25, 0.3) is 0 Å². The van der Waals surface area contributed by atoms with Crippen LogP contribution in [0.1, 0.15) is 11.1 Å². The van der Waals surface area contributed by atoms with Crippen LogP contribution in [-0.4, -0.2) is 22.9 Å². The zero-order valence-electron chi connectivity index (χ0n) is 8.89. The molecule has 1 atom stereocenters. The average molecular weight is 254 g/mol. The highest BCUT2D eigenvalue weighted by molar-refractivity contribution is 7.98. The monoisotopic (exact) mass is 254 g/mol. The molecule has 0 aliphatic carbocycles. The fraction of sp³-hybridized carbons (Fsp3) is 0.273. The zero-order valence-corrected chi connectivity index (χ0v) is 9.71. The van der Waals surface area contributed by atoms with Crippen LogP contribution in [0.15, 0.2) is 18.2 Å². The molecule has 3 N–H and O–H groups in total. The fourth-order valence-electron chi connectivity index (χ4n) is 1.12. The molecule has 90 valence electrons. The Hall–Kier alpha value is -1.58. The lowest BCUT2D eigenvalue weighted by molar-refractivity contribution is -0.137. The molecule has 1 aromatic carbocycles. The van der Waals surface area contributed by atoms with Crippen LogP contribution >= 0.6 is 11.8 Å². The molecule has 0 heterocycles. The lowest BCUT2D eigenvalue weighted by Gasteiger charge is -2.06. The van der Waals surface area contributed by atoms with Crippen LogP contribution in [0.5, 0.6) is 0 Å². The van der Waals surface area contributed by atoms with Crippen molar-refractivity contribution in [1.82, 2.24) is 0 Å². The van der Waals surface area contributed by atoms with Crippen LogP contribution in [0.4, 0.5) is 4.39 Å². The molecule has 0 saturated carbocycles. The van der Waals surface area contributed by atoms with Crippen LogP contribution in [-0.2, 0) is 10.5 Å². The van der Waals surface area contributed by atoms with Gasteiger partial charge in [-0.1, -0.05) is 6.07 Å². The topological polar surface area (TPSA) is 87.1 Å². The van der Waals surface area contributed by atoms with Gasteiger partial charge in [-0.2, -0.15) is 17.0 Å². The van der Waals surface area contributed by atoms with Crippen molar-refractivity contribution in [2.75, 3.05) is 5.75 Å². The summed E-state index contributed by atoms with van der Waals surface area (Å²) in [5.74, 6) is -0.831. The fourth-order valence-corrected chi connectivity index (χ4v) is 2.05. The molecule has 0 unspecified atom stereocenters. The number of nitriles is 1. The predicted octanol–water partition coefficient (Wildman–Crippen LogP) is 1.34. The van der Waals surface area contributed by atoms with Gasteiger partial charge in [0.1, 0.15) is 17.9 Å². The van der Waals surface area contributed by atoms with E-state index in [1.807, 2.05) is 0 Å². The molecule has 17 heavy (non-hydrogen) atoms. The molecule has 1 aromatic rings. The quantitative estimate of drug-likeness (QED) is 0.828. The first-order valence-electron chi connectivity index (χ1n) is 4.79. The highest BCUT2D eigenvalue weighted by Gasteiger charge is 2.11. The van der Waals surface area contributed by atoms with Gasteiger partial charge in [0.25, 0.3) is 0 Å². The Labute approximate surface area is 102 Å². The third kappa shape index (κ3) is 4.06. The first kappa shape index (κ1) is 13.5. The van der Waals surface area contributed by atoms with Gasteiger partial charge in [0.15, 0.2) is 0 Å². The van der Waals surface area contributed by atoms with Gasteiger partial charge in [-0.25, -0.2) is 4.39 Å². The number of benzene rings is 1. The van der Waals surface area contributed by atoms with Crippen LogP contribution in [0, 0.1) is 17.1 Å². The van der Waals surface area contributed by atoms with E-state index in [1.54, 1.807) is 12.1 Å². The number of rotatable bonds is 5. The Kier molecular flexibility index (Phi) is 4.94. The summed E-state index contributed by atoms with van der Waals surface area (Å²) in [5, 5.41) is 17.2. The number of halogens is 1. The summed E-state index contributed by atoms with van der Waals surface area (Å²) in [6.07, 6.45) is 0. The predicted molar refractivity (Wildman–Crippen MR) is 62.9 cm³/mol. The molecule has 6 heteroatoms. The van der Waals surface area contributed by atoms with E-state index in [9.17, 15) is 9.18 Å². The van der Waals surface area contributed by atoms with Crippen molar-refractivity contribution in [3.8, 4) is 6.07 Å². The molecule has 0 aromatic heterocycles. The van der Waals surface area contributed by atoms with Gasteiger partial charge < -0.3 is 10.8 Å². The first-order chi connectivity index (χ1) is 8.04. The maximum Gasteiger partial charge on any atom is 0.321 e. The number of aliphatic carboxylic acids is 1. The molecule has 0 saturated heterocycles. The zero-order chi connectivity index (χ0) is 12.8. The smallest absolute Gasteiger partial charge is 0.321 e. The summed E-state index contributed by atoms with van der Waals surface area (Å²) in [6, 6.07) is 5.09. The van der Waals surface area contributed by atoms with Crippen molar-refractivity contribution in [3.63, 3.8) is 0 Å². The number of hydrogen-bond acceptors (Lipinski definition) is 4. The molecular formula is C11H11FN2O2S. The number of carboxylic acids is 1. The maximum atomic E-state index is 13.0. The molecule has 0 aliphatic heterocycles. The van der Waals surface area contributed by atoms with Crippen molar-refractivity contribution in [2.24, 2.45) is 5.73 Å². The van der Waals surface area contributed by atoms with E-state index < -0.39 is 17.8 Å². The second-order valence-corrected chi connectivity index (χ2v) is 4.42. The van der Waals surface area contributed by atoms with Gasteiger partial charge in [0, 0.05) is 11.5 Å². The van der Waals surface area contributed by atoms with Crippen molar-refractivity contribution < 1.29 is 14.3 Å². The largest absolute Gasteiger partial charge is 0.480 e. The minimum Gasteiger partial charge on any atom is -0.480 e. The van der Waals surface area contributed by atoms with Crippen LogP contribution in [0.2, 0.25) is 0 Å². The van der Waals surface area contributed by atoms with Gasteiger partial charge in [0.05, 0.1) is 5.56 Å². The molecule has 4 nitrogen and oxygen atoms in total. The van der Waals surface area contributed by atoms with Gasteiger partial charge in [-0.3, -0.25) is 4.79 Å². The Balaban J connectivity index is 2.53. The van der Waals surface area contributed by atoms with Gasteiger partial charge in [0.2, 0.25) is 0 Å². The summed E-state index contributed by atoms with van der Waals surface area (Å²) in [5.41, 5.74) is 6.09. The number of nitrogens with zero attached hydrogens (tertiary/aromatic N) is 1. The molecule has 0 bridgehead atoms. The highest BCUT2D eigenvalue weighted by Crippen LogP contribution is 2.16. The van der Waals surface area contributed by atoms with Crippen molar-refractivity contribution in [1.29, 1.82) is 5.26 Å². The highest BCUT2D eigenvalue weighted by atomic mass is 32.2. The third-order valence-corrected chi connectivity index (χ3v) is 3.17. The SMILES string of the molecule is N#Cc1cc(CSC[C@@H](N)C(=O)O)ccc1F. The van der Waals surface area contributed by atoms with Gasteiger partial charge >= 0.3 is 5.97 Å². The second-order valence-electron chi connectivity index (χ2n) is 3.39. The van der Waals surface area contributed by atoms with E-state index in [0.29, 0.717) is 5.75 Å². The van der Waals surface area contributed by atoms with Crippen molar-refractivity contribution >= 4 is 17.7 Å². The molecule has 1 rings (SSSR count). The Morgan fingerprint density at radius 2 is 2.35 bits per heavy atom. The summed E-state index contributed by atoms with van der Waals surface area (Å²) in [4.78, 5) is 10.5. The minimum atomic E-state index is -1.05. The van der Waals surface area contributed by atoms with E-state index in [-0.39, 0.29) is 11.3 Å². The van der Waals surface area contributed by atoms with Gasteiger partial charge in [-0.15, -0.1) is 0 Å². The number of nitrogens with two attached hydrogens (primary N) is 1. The Morgan fingerprint density at radius 1 is 1.65 bits per heavy atom. The number of thioether (sulfide) groups is 1. The molecule has 0 amide bonds. The van der Waals surface area contributed by atoms with E-state index >= 15 is 0 Å². The Bertz CT molecular complexity index is 459. The van der Waals surface area contributed by atoms with Crippen molar-refractivity contribution in [3.05, 3.63) is 35.1 Å². The normalized spacial score (nSPS) is 11.8. The Morgan fingerprint density at radius 3 is 2.94 bits per heavy atom. The number of carboxylic acid groups (broad SMARTS) is 1. The second kappa shape index (κ2) is 6.23.